The van der Waals surface area contributed by atoms with Crippen LogP contribution in [0.1, 0.15) is 26.7 Å². The molecule has 3 aromatic rings. The lowest BCUT2D eigenvalue weighted by Gasteiger charge is -2.26. The van der Waals surface area contributed by atoms with Gasteiger partial charge >= 0.3 is 0 Å². The summed E-state index contributed by atoms with van der Waals surface area (Å²) in [4.78, 5) is 2.07. The molecule has 2 N–H and O–H groups in total. The first-order chi connectivity index (χ1) is 14.5. The summed E-state index contributed by atoms with van der Waals surface area (Å²) < 4.78 is 10.9. The minimum Gasteiger partial charge on any atom is -0.465 e. The number of aliphatic hydroxyl groups excluding tert-OH is 2. The van der Waals surface area contributed by atoms with E-state index in [1.54, 1.807) is 0 Å². The van der Waals surface area contributed by atoms with Crippen LogP contribution in [0.5, 0.6) is 11.5 Å². The summed E-state index contributed by atoms with van der Waals surface area (Å²) in [5, 5.41) is 20.1. The topological polar surface area (TPSA) is 62.2 Å². The summed E-state index contributed by atoms with van der Waals surface area (Å²) in [5.74, 6) is 1.20. The van der Waals surface area contributed by atoms with Gasteiger partial charge in [0.05, 0.1) is 0 Å². The van der Waals surface area contributed by atoms with Crippen LogP contribution in [0.2, 0.25) is 5.02 Å². The lowest BCUT2D eigenvalue weighted by Crippen LogP contribution is -2.14. The van der Waals surface area contributed by atoms with Gasteiger partial charge in [-0.1, -0.05) is 25.4 Å². The predicted molar refractivity (Wildman–Crippen MR) is 120 cm³/mol. The largest absolute Gasteiger partial charge is 0.465 e. The Morgan fingerprint density at radius 1 is 0.667 bits per heavy atom. The maximum Gasteiger partial charge on any atom is 0.197 e. The van der Waals surface area contributed by atoms with Crippen LogP contribution in [0.3, 0.4) is 0 Å². The molecule has 0 aliphatic heterocycles. The highest BCUT2D eigenvalue weighted by atomic mass is 35.5. The Morgan fingerprint density at radius 3 is 1.33 bits per heavy atom. The van der Waals surface area contributed by atoms with Gasteiger partial charge in [-0.15, -0.1) is 0 Å². The van der Waals surface area contributed by atoms with Crippen LogP contribution < -0.4 is 14.4 Å². The molecule has 30 heavy (non-hydrogen) atoms. The van der Waals surface area contributed by atoms with Gasteiger partial charge in [-0.25, -0.2) is 0 Å². The number of aliphatic hydroxyl groups is 2. The molecule has 0 amide bonds. The van der Waals surface area contributed by atoms with Gasteiger partial charge < -0.3 is 24.6 Å². The zero-order chi connectivity index (χ0) is 21.5. The van der Waals surface area contributed by atoms with E-state index in [4.69, 9.17) is 21.1 Å². The Morgan fingerprint density at radius 2 is 1.00 bits per heavy atom. The molecule has 0 fully saturated rings. The van der Waals surface area contributed by atoms with Crippen LogP contribution in [-0.4, -0.2) is 22.8 Å². The average Bonchev–Trinajstić information content (AvgIpc) is 2.77. The van der Waals surface area contributed by atoms with Crippen molar-refractivity contribution in [2.75, 3.05) is 4.90 Å². The molecule has 5 nitrogen and oxygen atoms in total. The highest BCUT2D eigenvalue weighted by molar-refractivity contribution is 6.30. The van der Waals surface area contributed by atoms with Crippen molar-refractivity contribution < 1.29 is 19.7 Å². The van der Waals surface area contributed by atoms with Crippen molar-refractivity contribution in [1.29, 1.82) is 0 Å². The van der Waals surface area contributed by atoms with E-state index in [-0.39, 0.29) is 0 Å². The van der Waals surface area contributed by atoms with E-state index in [1.165, 1.54) is 0 Å². The van der Waals surface area contributed by atoms with Gasteiger partial charge in [-0.3, -0.25) is 0 Å². The first-order valence-corrected chi connectivity index (χ1v) is 10.3. The lowest BCUT2D eigenvalue weighted by atomic mass is 10.2. The molecule has 158 valence electrons. The summed E-state index contributed by atoms with van der Waals surface area (Å²) in [7, 11) is 0. The van der Waals surface area contributed by atoms with Gasteiger partial charge in [0, 0.05) is 34.9 Å². The maximum absolute atomic E-state index is 9.70. The highest BCUT2D eigenvalue weighted by Gasteiger charge is 2.14. The van der Waals surface area contributed by atoms with Crippen molar-refractivity contribution in [3.8, 4) is 11.5 Å². The monoisotopic (exact) mass is 427 g/mol. The predicted octanol–water partition coefficient (Wildman–Crippen LogP) is 6.02. The lowest BCUT2D eigenvalue weighted by molar-refractivity contribution is -0.0195. The molecule has 0 heterocycles. The molecule has 0 aliphatic rings. The first-order valence-electron chi connectivity index (χ1n) is 9.95. The third kappa shape index (κ3) is 5.66. The molecule has 6 heteroatoms. The van der Waals surface area contributed by atoms with Crippen LogP contribution >= 0.6 is 11.6 Å². The van der Waals surface area contributed by atoms with Gasteiger partial charge in [0.2, 0.25) is 0 Å². The fourth-order valence-corrected chi connectivity index (χ4v) is 2.99. The summed E-state index contributed by atoms with van der Waals surface area (Å²) in [6, 6.07) is 22.6. The Bertz CT molecular complexity index is 858. The van der Waals surface area contributed by atoms with Crippen molar-refractivity contribution in [3.05, 3.63) is 77.8 Å². The van der Waals surface area contributed by atoms with Gasteiger partial charge in [0.15, 0.2) is 12.6 Å². The standard InChI is InChI=1S/C24H26ClNO4/c1-3-23(27)29-21-13-9-19(10-14-21)26(18-7-5-17(25)6-8-18)20-11-15-22(16-12-20)30-24(28)4-2/h5-16,23-24,27-28H,3-4H2,1-2H3. The van der Waals surface area contributed by atoms with Crippen molar-refractivity contribution in [1.82, 2.24) is 0 Å². The van der Waals surface area contributed by atoms with E-state index >= 15 is 0 Å². The van der Waals surface area contributed by atoms with Gasteiger partial charge in [-0.05, 0) is 72.8 Å². The van der Waals surface area contributed by atoms with E-state index in [1.807, 2.05) is 86.6 Å². The van der Waals surface area contributed by atoms with Crippen molar-refractivity contribution >= 4 is 28.7 Å². The molecule has 0 bridgehead atoms. The molecule has 0 spiro atoms. The van der Waals surface area contributed by atoms with E-state index in [2.05, 4.69) is 4.90 Å². The number of ether oxygens (including phenoxy) is 2. The zero-order valence-electron chi connectivity index (χ0n) is 17.0. The van der Waals surface area contributed by atoms with Crippen molar-refractivity contribution in [2.45, 2.75) is 39.3 Å². The molecule has 3 aromatic carbocycles. The van der Waals surface area contributed by atoms with Crippen molar-refractivity contribution in [2.24, 2.45) is 0 Å². The molecule has 0 saturated carbocycles. The molecular formula is C24H26ClNO4. The van der Waals surface area contributed by atoms with E-state index in [0.29, 0.717) is 29.4 Å². The maximum atomic E-state index is 9.70. The van der Waals surface area contributed by atoms with Crippen LogP contribution in [-0.2, 0) is 0 Å². The fraction of sp³-hybridized carbons (Fsp3) is 0.250. The summed E-state index contributed by atoms with van der Waals surface area (Å²) in [6.45, 7) is 3.71. The second-order valence-electron chi connectivity index (χ2n) is 6.76. The zero-order valence-corrected chi connectivity index (χ0v) is 17.8. The minimum absolute atomic E-state index is 0.514. The normalized spacial score (nSPS) is 12.8. The van der Waals surface area contributed by atoms with E-state index in [0.717, 1.165) is 17.1 Å². The number of rotatable bonds is 9. The fourth-order valence-electron chi connectivity index (χ4n) is 2.87. The van der Waals surface area contributed by atoms with Crippen LogP contribution in [0.4, 0.5) is 17.1 Å². The second kappa shape index (κ2) is 10.3. The van der Waals surface area contributed by atoms with E-state index < -0.39 is 12.6 Å². The number of halogens is 1. The second-order valence-corrected chi connectivity index (χ2v) is 7.20. The summed E-state index contributed by atoms with van der Waals surface area (Å²) >= 11 is 6.08. The Hall–Kier alpha value is -2.73. The molecule has 2 unspecified atom stereocenters. The first kappa shape index (κ1) is 22.0. The summed E-state index contributed by atoms with van der Waals surface area (Å²) in [6.07, 6.45) is -0.622. The van der Waals surface area contributed by atoms with Gasteiger partial charge in [0.25, 0.3) is 0 Å². The Balaban J connectivity index is 1.92. The highest BCUT2D eigenvalue weighted by Crippen LogP contribution is 2.36. The molecular weight excluding hydrogens is 402 g/mol. The molecule has 3 rings (SSSR count). The Kier molecular flexibility index (Phi) is 7.57. The van der Waals surface area contributed by atoms with Crippen LogP contribution in [0.15, 0.2) is 72.8 Å². The van der Waals surface area contributed by atoms with Crippen LogP contribution in [0, 0.1) is 0 Å². The molecule has 0 radical (unpaired) electrons. The number of hydrogen-bond donors (Lipinski definition) is 2. The molecule has 0 aromatic heterocycles. The smallest absolute Gasteiger partial charge is 0.197 e. The van der Waals surface area contributed by atoms with Gasteiger partial charge in [-0.2, -0.15) is 0 Å². The van der Waals surface area contributed by atoms with Crippen LogP contribution in [0.25, 0.3) is 0 Å². The SMILES string of the molecule is CCC(O)Oc1ccc(N(c2ccc(Cl)cc2)c2ccc(OC(O)CC)cc2)cc1. The third-order valence-electron chi connectivity index (χ3n) is 4.52. The van der Waals surface area contributed by atoms with Gasteiger partial charge in [0.1, 0.15) is 11.5 Å². The third-order valence-corrected chi connectivity index (χ3v) is 4.77. The molecule has 0 saturated heterocycles. The molecule has 0 aliphatic carbocycles. The number of anilines is 3. The molecule has 2 atom stereocenters. The average molecular weight is 428 g/mol. The summed E-state index contributed by atoms with van der Waals surface area (Å²) in [5.41, 5.74) is 2.76. The number of nitrogens with zero attached hydrogens (tertiary/aromatic N) is 1. The number of benzene rings is 3. The van der Waals surface area contributed by atoms with E-state index in [9.17, 15) is 10.2 Å². The number of hydrogen-bond acceptors (Lipinski definition) is 5. The minimum atomic E-state index is -0.825. The van der Waals surface area contributed by atoms with Crippen molar-refractivity contribution in [3.63, 3.8) is 0 Å². The Labute approximate surface area is 182 Å². The quantitative estimate of drug-likeness (QED) is 0.408.